The maximum atomic E-state index is 13.6. The fraction of sp³-hybridized carbons (Fsp3) is 0.500. The summed E-state index contributed by atoms with van der Waals surface area (Å²) in [6, 6.07) is 4.64. The van der Waals surface area contributed by atoms with Crippen LogP contribution in [0.2, 0.25) is 0 Å². The van der Waals surface area contributed by atoms with E-state index in [0.29, 0.717) is 6.54 Å². The number of amides is 1. The van der Waals surface area contributed by atoms with E-state index in [1.54, 1.807) is 13.0 Å². The molecule has 0 bridgehead atoms. The van der Waals surface area contributed by atoms with Crippen molar-refractivity contribution in [2.75, 3.05) is 11.9 Å². The van der Waals surface area contributed by atoms with Gasteiger partial charge in [0.2, 0.25) is 0 Å². The third-order valence-electron chi connectivity index (χ3n) is 2.87. The molecule has 100 valence electrons. The van der Waals surface area contributed by atoms with Crippen LogP contribution in [0.4, 0.5) is 4.39 Å². The van der Waals surface area contributed by atoms with Gasteiger partial charge in [-0.15, -0.1) is 0 Å². The predicted octanol–water partition coefficient (Wildman–Crippen LogP) is 3.68. The number of carbonyl (C=O) groups is 1. The van der Waals surface area contributed by atoms with Crippen molar-refractivity contribution in [3.63, 3.8) is 0 Å². The Morgan fingerprint density at radius 2 is 2.11 bits per heavy atom. The molecule has 0 atom stereocenters. The molecule has 0 aliphatic rings. The van der Waals surface area contributed by atoms with Gasteiger partial charge in [-0.05, 0) is 36.5 Å². The Hall–Kier alpha value is -0.900. The van der Waals surface area contributed by atoms with Crippen LogP contribution in [-0.2, 0) is 0 Å². The molecule has 0 spiro atoms. The Morgan fingerprint density at radius 1 is 1.44 bits per heavy atom. The Balaban J connectivity index is 2.66. The molecule has 4 heteroatoms. The first-order valence-corrected chi connectivity index (χ1v) is 7.08. The molecule has 1 amide bonds. The molecule has 0 unspecified atom stereocenters. The summed E-state index contributed by atoms with van der Waals surface area (Å²) in [5.41, 5.74) is 0.916. The van der Waals surface area contributed by atoms with E-state index in [1.165, 1.54) is 12.1 Å². The third kappa shape index (κ3) is 4.41. The Bertz CT molecular complexity index is 432. The fourth-order valence-electron chi connectivity index (χ4n) is 1.56. The van der Waals surface area contributed by atoms with Crippen LogP contribution in [0.1, 0.15) is 36.2 Å². The summed E-state index contributed by atoms with van der Waals surface area (Å²) in [4.78, 5) is 11.9. The lowest BCUT2D eigenvalue weighted by Crippen LogP contribution is -2.34. The average molecular weight is 316 g/mol. The van der Waals surface area contributed by atoms with E-state index in [0.717, 1.165) is 17.3 Å². The topological polar surface area (TPSA) is 29.1 Å². The zero-order valence-corrected chi connectivity index (χ0v) is 12.6. The van der Waals surface area contributed by atoms with Crippen LogP contribution >= 0.6 is 15.9 Å². The summed E-state index contributed by atoms with van der Waals surface area (Å²) in [5.74, 6) is -0.819. The summed E-state index contributed by atoms with van der Waals surface area (Å²) in [7, 11) is 0. The van der Waals surface area contributed by atoms with Gasteiger partial charge in [0, 0.05) is 11.9 Å². The highest BCUT2D eigenvalue weighted by Crippen LogP contribution is 2.20. The molecule has 0 fully saturated rings. The molecule has 0 heterocycles. The van der Waals surface area contributed by atoms with Crippen molar-refractivity contribution in [3.05, 3.63) is 35.1 Å². The van der Waals surface area contributed by atoms with Gasteiger partial charge in [-0.3, -0.25) is 4.79 Å². The molecule has 0 aliphatic carbocycles. The second kappa shape index (κ2) is 6.32. The molecule has 1 aromatic rings. The fourth-order valence-corrected chi connectivity index (χ4v) is 2.64. The Labute approximate surface area is 116 Å². The number of aryl methyl sites for hydroxylation is 1. The zero-order chi connectivity index (χ0) is 13.8. The van der Waals surface area contributed by atoms with E-state index >= 15 is 0 Å². The van der Waals surface area contributed by atoms with E-state index in [1.807, 2.05) is 0 Å². The van der Waals surface area contributed by atoms with E-state index in [4.69, 9.17) is 0 Å². The molecule has 1 aromatic carbocycles. The minimum absolute atomic E-state index is 0.000331. The lowest BCUT2D eigenvalue weighted by Gasteiger charge is -2.23. The van der Waals surface area contributed by atoms with Gasteiger partial charge in [0.05, 0.1) is 5.56 Å². The normalized spacial score (nSPS) is 11.4. The van der Waals surface area contributed by atoms with Crippen molar-refractivity contribution in [1.29, 1.82) is 0 Å². The third-order valence-corrected chi connectivity index (χ3v) is 3.26. The Morgan fingerprint density at radius 3 is 2.67 bits per heavy atom. The number of hydrogen-bond acceptors (Lipinski definition) is 1. The standard InChI is InChI=1S/C14H19BrFNO/c1-10-4-5-11(12(16)8-10)13(18)17-9-14(2,3)6-7-15/h4-5,8H,6-7,9H2,1-3H3,(H,17,18). The van der Waals surface area contributed by atoms with Gasteiger partial charge in [0.25, 0.3) is 5.91 Å². The van der Waals surface area contributed by atoms with Crippen molar-refractivity contribution in [2.45, 2.75) is 27.2 Å². The molecule has 2 nitrogen and oxygen atoms in total. The lowest BCUT2D eigenvalue weighted by atomic mass is 9.90. The van der Waals surface area contributed by atoms with Gasteiger partial charge in [0.1, 0.15) is 5.82 Å². The number of nitrogens with one attached hydrogen (secondary N) is 1. The molecule has 0 aromatic heterocycles. The van der Waals surface area contributed by atoms with Crippen LogP contribution in [0.3, 0.4) is 0 Å². The first kappa shape index (κ1) is 15.2. The molecule has 18 heavy (non-hydrogen) atoms. The van der Waals surface area contributed by atoms with Crippen LogP contribution in [-0.4, -0.2) is 17.8 Å². The van der Waals surface area contributed by atoms with Crippen molar-refractivity contribution < 1.29 is 9.18 Å². The highest BCUT2D eigenvalue weighted by molar-refractivity contribution is 9.09. The second-order valence-corrected chi connectivity index (χ2v) is 6.06. The molecular formula is C14H19BrFNO. The van der Waals surface area contributed by atoms with Gasteiger partial charge in [-0.2, -0.15) is 0 Å². The van der Waals surface area contributed by atoms with Gasteiger partial charge >= 0.3 is 0 Å². The molecule has 0 saturated carbocycles. The minimum atomic E-state index is -0.467. The highest BCUT2D eigenvalue weighted by atomic mass is 79.9. The molecule has 1 N–H and O–H groups in total. The van der Waals surface area contributed by atoms with E-state index in [-0.39, 0.29) is 16.9 Å². The lowest BCUT2D eigenvalue weighted by molar-refractivity contribution is 0.0932. The van der Waals surface area contributed by atoms with Crippen LogP contribution in [0.15, 0.2) is 18.2 Å². The van der Waals surface area contributed by atoms with Gasteiger partial charge in [-0.1, -0.05) is 35.8 Å². The molecule has 0 saturated heterocycles. The van der Waals surface area contributed by atoms with E-state index < -0.39 is 5.82 Å². The van der Waals surface area contributed by atoms with Crippen molar-refractivity contribution in [2.24, 2.45) is 5.41 Å². The molecular weight excluding hydrogens is 297 g/mol. The first-order valence-electron chi connectivity index (χ1n) is 5.96. The van der Waals surface area contributed by atoms with Crippen LogP contribution < -0.4 is 5.32 Å². The summed E-state index contributed by atoms with van der Waals surface area (Å²) in [6.45, 7) is 6.47. The van der Waals surface area contributed by atoms with Crippen LogP contribution in [0, 0.1) is 18.2 Å². The van der Waals surface area contributed by atoms with Crippen molar-refractivity contribution in [3.8, 4) is 0 Å². The Kier molecular flexibility index (Phi) is 5.32. The number of benzene rings is 1. The van der Waals surface area contributed by atoms with Crippen LogP contribution in [0.25, 0.3) is 0 Å². The molecule has 0 aliphatic heterocycles. The zero-order valence-electron chi connectivity index (χ0n) is 11.0. The largest absolute Gasteiger partial charge is 0.351 e. The summed E-state index contributed by atoms with van der Waals surface area (Å²) >= 11 is 3.38. The van der Waals surface area contributed by atoms with Crippen molar-refractivity contribution in [1.82, 2.24) is 5.32 Å². The summed E-state index contributed by atoms with van der Waals surface area (Å²) in [6.07, 6.45) is 0.948. The van der Waals surface area contributed by atoms with Gasteiger partial charge in [0.15, 0.2) is 0 Å². The monoisotopic (exact) mass is 315 g/mol. The summed E-state index contributed by atoms with van der Waals surface area (Å²) < 4.78 is 13.6. The highest BCUT2D eigenvalue weighted by Gasteiger charge is 2.19. The smallest absolute Gasteiger partial charge is 0.254 e. The van der Waals surface area contributed by atoms with E-state index in [9.17, 15) is 9.18 Å². The van der Waals surface area contributed by atoms with Gasteiger partial charge < -0.3 is 5.32 Å². The molecule has 0 radical (unpaired) electrons. The number of hydrogen-bond donors (Lipinski definition) is 1. The maximum Gasteiger partial charge on any atom is 0.254 e. The SMILES string of the molecule is Cc1ccc(C(=O)NCC(C)(C)CCBr)c(F)c1. The summed E-state index contributed by atoms with van der Waals surface area (Å²) in [5, 5.41) is 3.67. The maximum absolute atomic E-state index is 13.6. The van der Waals surface area contributed by atoms with E-state index in [2.05, 4.69) is 35.1 Å². The number of alkyl halides is 1. The number of halogens is 2. The van der Waals surface area contributed by atoms with Crippen LogP contribution in [0.5, 0.6) is 0 Å². The number of carbonyl (C=O) groups excluding carboxylic acids is 1. The minimum Gasteiger partial charge on any atom is -0.351 e. The quantitative estimate of drug-likeness (QED) is 0.825. The average Bonchev–Trinajstić information content (AvgIpc) is 2.26. The predicted molar refractivity (Wildman–Crippen MR) is 75.7 cm³/mol. The molecule has 1 rings (SSSR count). The van der Waals surface area contributed by atoms with Crippen molar-refractivity contribution >= 4 is 21.8 Å². The first-order chi connectivity index (χ1) is 8.35. The second-order valence-electron chi connectivity index (χ2n) is 5.27. The van der Waals surface area contributed by atoms with Gasteiger partial charge in [-0.25, -0.2) is 4.39 Å². The number of rotatable bonds is 5.